The molecule has 3 saturated heterocycles. The van der Waals surface area contributed by atoms with Crippen molar-refractivity contribution in [1.82, 2.24) is 4.90 Å². The van der Waals surface area contributed by atoms with Crippen LogP contribution in [0.2, 0.25) is 0 Å². The van der Waals surface area contributed by atoms with Crippen molar-refractivity contribution in [2.75, 3.05) is 13.1 Å². The van der Waals surface area contributed by atoms with Gasteiger partial charge < -0.3 is 5.11 Å². The maximum Gasteiger partial charge on any atom is 0.0876 e. The summed E-state index contributed by atoms with van der Waals surface area (Å²) in [5, 5.41) is 11.2. The summed E-state index contributed by atoms with van der Waals surface area (Å²) in [7, 11) is 0. The zero-order valence-corrected chi connectivity index (χ0v) is 13.3. The third-order valence-electron chi connectivity index (χ3n) is 6.44. The van der Waals surface area contributed by atoms with E-state index in [-0.39, 0.29) is 5.92 Å². The highest BCUT2D eigenvalue weighted by molar-refractivity contribution is 5.43. The third-order valence-corrected chi connectivity index (χ3v) is 6.44. The van der Waals surface area contributed by atoms with Crippen LogP contribution in [0.1, 0.15) is 47.5 Å². The van der Waals surface area contributed by atoms with Gasteiger partial charge in [0.25, 0.3) is 0 Å². The minimum absolute atomic E-state index is 0.194. The smallest absolute Gasteiger partial charge is 0.0876 e. The lowest BCUT2D eigenvalue weighted by Crippen LogP contribution is -2.58. The van der Waals surface area contributed by atoms with Crippen LogP contribution in [0.25, 0.3) is 0 Å². The standard InChI is InChI=1S/C21H23NO/c23-21-17-9-5-4-8-16(17)18-15-10-12-22(13-11-15)20(18)19(21)14-6-2-1-3-7-14/h1-9,15,18-21,23H,10-13H2/t18-,19+,20-,21+/m1/s1. The van der Waals surface area contributed by atoms with Gasteiger partial charge in [-0.15, -0.1) is 0 Å². The van der Waals surface area contributed by atoms with Gasteiger partial charge in [-0.25, -0.2) is 0 Å². The first-order chi connectivity index (χ1) is 11.3. The lowest BCUT2D eigenvalue weighted by molar-refractivity contribution is -0.0308. The van der Waals surface area contributed by atoms with Gasteiger partial charge in [0.2, 0.25) is 0 Å². The topological polar surface area (TPSA) is 23.5 Å². The number of nitrogens with zero attached hydrogens (tertiary/aromatic N) is 1. The van der Waals surface area contributed by atoms with Crippen LogP contribution in [0.3, 0.4) is 0 Å². The van der Waals surface area contributed by atoms with Crippen molar-refractivity contribution in [2.24, 2.45) is 5.92 Å². The maximum absolute atomic E-state index is 11.2. The summed E-state index contributed by atoms with van der Waals surface area (Å²) in [5.41, 5.74) is 3.86. The van der Waals surface area contributed by atoms with E-state index in [0.29, 0.717) is 12.0 Å². The Labute approximate surface area is 137 Å². The van der Waals surface area contributed by atoms with Gasteiger partial charge in [-0.2, -0.15) is 0 Å². The predicted octanol–water partition coefficient (Wildman–Crippen LogP) is 3.70. The van der Waals surface area contributed by atoms with E-state index in [9.17, 15) is 5.11 Å². The van der Waals surface area contributed by atoms with Gasteiger partial charge >= 0.3 is 0 Å². The minimum Gasteiger partial charge on any atom is -0.388 e. The molecule has 0 spiro atoms. The Morgan fingerprint density at radius 1 is 0.783 bits per heavy atom. The van der Waals surface area contributed by atoms with E-state index < -0.39 is 6.10 Å². The second-order valence-electron chi connectivity index (χ2n) is 7.40. The molecular formula is C21H23NO. The zero-order chi connectivity index (χ0) is 15.4. The van der Waals surface area contributed by atoms with Crippen molar-refractivity contribution in [2.45, 2.75) is 36.8 Å². The number of piperidine rings is 3. The van der Waals surface area contributed by atoms with Crippen molar-refractivity contribution in [3.8, 4) is 0 Å². The first-order valence-corrected chi connectivity index (χ1v) is 8.90. The molecule has 4 atom stereocenters. The summed E-state index contributed by atoms with van der Waals surface area (Å²) >= 11 is 0. The van der Waals surface area contributed by atoms with Gasteiger partial charge in [-0.05, 0) is 48.5 Å². The lowest BCUT2D eigenvalue weighted by Gasteiger charge is -2.57. The molecule has 2 bridgehead atoms. The van der Waals surface area contributed by atoms with Crippen molar-refractivity contribution in [1.29, 1.82) is 0 Å². The fourth-order valence-electron chi connectivity index (χ4n) is 5.49. The Kier molecular flexibility index (Phi) is 3.10. The van der Waals surface area contributed by atoms with Gasteiger partial charge in [0.05, 0.1) is 6.10 Å². The second kappa shape index (κ2) is 5.19. The molecule has 0 unspecified atom stereocenters. The number of aliphatic hydroxyl groups is 1. The molecule has 3 heterocycles. The van der Waals surface area contributed by atoms with Gasteiger partial charge in [0, 0.05) is 17.9 Å². The van der Waals surface area contributed by atoms with E-state index in [1.54, 1.807) is 0 Å². The largest absolute Gasteiger partial charge is 0.388 e. The number of benzene rings is 2. The van der Waals surface area contributed by atoms with E-state index in [0.717, 1.165) is 11.5 Å². The van der Waals surface area contributed by atoms with Crippen LogP contribution in [-0.2, 0) is 0 Å². The Bertz CT molecular complexity index is 705. The summed E-state index contributed by atoms with van der Waals surface area (Å²) < 4.78 is 0. The van der Waals surface area contributed by atoms with Crippen LogP contribution in [0, 0.1) is 5.92 Å². The molecule has 2 heteroatoms. The van der Waals surface area contributed by atoms with Crippen LogP contribution in [-0.4, -0.2) is 29.1 Å². The van der Waals surface area contributed by atoms with Crippen LogP contribution in [0.4, 0.5) is 0 Å². The highest BCUT2D eigenvalue weighted by atomic mass is 16.3. The summed E-state index contributed by atoms with van der Waals surface area (Å²) in [6.45, 7) is 2.40. The normalized spacial score (nSPS) is 38.0. The molecule has 2 aromatic carbocycles. The van der Waals surface area contributed by atoms with E-state index in [2.05, 4.69) is 59.5 Å². The van der Waals surface area contributed by atoms with Gasteiger partial charge in [-0.1, -0.05) is 54.6 Å². The van der Waals surface area contributed by atoms with Crippen molar-refractivity contribution < 1.29 is 5.11 Å². The molecule has 1 aliphatic carbocycles. The average Bonchev–Trinajstić information content (AvgIpc) is 2.64. The van der Waals surface area contributed by atoms with E-state index >= 15 is 0 Å². The molecule has 2 nitrogen and oxygen atoms in total. The molecule has 0 saturated carbocycles. The highest BCUT2D eigenvalue weighted by Crippen LogP contribution is 2.56. The average molecular weight is 305 g/mol. The van der Waals surface area contributed by atoms with Crippen LogP contribution in [0.5, 0.6) is 0 Å². The highest BCUT2D eigenvalue weighted by Gasteiger charge is 2.52. The Morgan fingerprint density at radius 2 is 1.43 bits per heavy atom. The first-order valence-electron chi connectivity index (χ1n) is 8.90. The molecule has 0 amide bonds. The monoisotopic (exact) mass is 305 g/mol. The minimum atomic E-state index is -0.394. The number of hydrogen-bond donors (Lipinski definition) is 1. The Hall–Kier alpha value is -1.64. The fourth-order valence-corrected chi connectivity index (χ4v) is 5.49. The zero-order valence-electron chi connectivity index (χ0n) is 13.3. The van der Waals surface area contributed by atoms with E-state index in [1.165, 1.54) is 37.1 Å². The number of aliphatic hydroxyl groups excluding tert-OH is 1. The van der Waals surface area contributed by atoms with Crippen LogP contribution >= 0.6 is 0 Å². The fraction of sp³-hybridized carbons (Fsp3) is 0.429. The molecule has 4 aliphatic rings. The van der Waals surface area contributed by atoms with Crippen LogP contribution < -0.4 is 0 Å². The third kappa shape index (κ3) is 1.95. The second-order valence-corrected chi connectivity index (χ2v) is 7.40. The van der Waals surface area contributed by atoms with Gasteiger partial charge in [-0.3, -0.25) is 4.90 Å². The molecule has 2 aromatic rings. The predicted molar refractivity (Wildman–Crippen MR) is 91.4 cm³/mol. The summed E-state index contributed by atoms with van der Waals surface area (Å²) in [6, 6.07) is 19.7. The molecule has 118 valence electrons. The Morgan fingerprint density at radius 3 is 2.17 bits per heavy atom. The van der Waals surface area contributed by atoms with Crippen LogP contribution in [0.15, 0.2) is 54.6 Å². The molecule has 3 aliphatic heterocycles. The van der Waals surface area contributed by atoms with Gasteiger partial charge in [0.1, 0.15) is 0 Å². The molecular weight excluding hydrogens is 282 g/mol. The summed E-state index contributed by atoms with van der Waals surface area (Å²) in [6.07, 6.45) is 2.23. The van der Waals surface area contributed by atoms with Gasteiger partial charge in [0.15, 0.2) is 0 Å². The molecule has 0 aromatic heterocycles. The van der Waals surface area contributed by atoms with Crippen molar-refractivity contribution in [3.63, 3.8) is 0 Å². The quantitative estimate of drug-likeness (QED) is 0.868. The number of rotatable bonds is 1. The maximum atomic E-state index is 11.2. The van der Waals surface area contributed by atoms with Crippen molar-refractivity contribution in [3.05, 3.63) is 71.3 Å². The molecule has 3 fully saturated rings. The lowest BCUT2D eigenvalue weighted by atomic mass is 9.60. The van der Waals surface area contributed by atoms with Crippen molar-refractivity contribution >= 4 is 0 Å². The first kappa shape index (κ1) is 13.8. The SMILES string of the molecule is O[C@H]1c2ccccc2[C@H]2C3CCN(CC3)[C@H]2[C@@H]1c1ccccc1. The Balaban J connectivity index is 1.70. The van der Waals surface area contributed by atoms with E-state index in [1.807, 2.05) is 0 Å². The number of hydrogen-bond acceptors (Lipinski definition) is 2. The molecule has 6 rings (SSSR count). The molecule has 0 radical (unpaired) electrons. The summed E-state index contributed by atoms with van der Waals surface area (Å²) in [4.78, 5) is 2.65. The summed E-state index contributed by atoms with van der Waals surface area (Å²) in [5.74, 6) is 1.56. The van der Waals surface area contributed by atoms with E-state index in [4.69, 9.17) is 0 Å². The molecule has 23 heavy (non-hydrogen) atoms. The number of fused-ring (bicyclic) bond motifs is 3. The molecule has 1 N–H and O–H groups in total.